The van der Waals surface area contributed by atoms with Gasteiger partial charge in [0, 0.05) is 17.5 Å². The van der Waals surface area contributed by atoms with Crippen molar-refractivity contribution < 1.29 is 14.4 Å². The molecule has 4 rings (SSSR count). The van der Waals surface area contributed by atoms with Crippen molar-refractivity contribution in [2.45, 2.75) is 23.5 Å². The summed E-state index contributed by atoms with van der Waals surface area (Å²) in [6.07, 6.45) is 0.0280. The highest BCUT2D eigenvalue weighted by molar-refractivity contribution is 8.00. The van der Waals surface area contributed by atoms with E-state index in [-0.39, 0.29) is 23.5 Å². The topological polar surface area (TPSA) is 105 Å². The molecule has 0 bridgehead atoms. The Balaban J connectivity index is 1.39. The van der Waals surface area contributed by atoms with Gasteiger partial charge in [-0.05, 0) is 37.3 Å². The first-order valence-corrected chi connectivity index (χ1v) is 9.91. The van der Waals surface area contributed by atoms with Crippen LogP contribution in [0.2, 0.25) is 0 Å². The molecule has 2 heterocycles. The van der Waals surface area contributed by atoms with Gasteiger partial charge in [-0.15, -0.1) is 11.8 Å². The van der Waals surface area contributed by atoms with Crippen LogP contribution in [0.25, 0.3) is 11.0 Å². The molecule has 1 aliphatic heterocycles. The summed E-state index contributed by atoms with van der Waals surface area (Å²) < 4.78 is 1.85. The summed E-state index contributed by atoms with van der Waals surface area (Å²) in [5.74, 6) is -0.354. The number of hydrazine groups is 1. The van der Waals surface area contributed by atoms with Crippen LogP contribution >= 0.6 is 11.8 Å². The molecule has 3 amide bonds. The summed E-state index contributed by atoms with van der Waals surface area (Å²) in [5.41, 5.74) is 7.49. The van der Waals surface area contributed by atoms with E-state index in [2.05, 4.69) is 21.2 Å². The van der Waals surface area contributed by atoms with E-state index in [0.29, 0.717) is 17.1 Å². The molecule has 0 spiro atoms. The molecule has 2 aromatic carbocycles. The Morgan fingerprint density at radius 2 is 2.00 bits per heavy atom. The van der Waals surface area contributed by atoms with Crippen LogP contribution < -0.4 is 16.2 Å². The standard InChI is InChI=1S/C20H19N5O3S/c1-11-19(27)22-14-9-12(7-8-16(14)29-11)20(28)24-23-18(26)10-17-21-13-5-3-4-6-15(13)25(17)2/h3-9,11H,10H2,1-2H3,(H,22,27)(H,23,26)(H,24,28). The summed E-state index contributed by atoms with van der Waals surface area (Å²) in [6.45, 7) is 1.82. The number of rotatable bonds is 3. The number of hydrogen-bond donors (Lipinski definition) is 3. The third-order valence-corrected chi connectivity index (χ3v) is 5.86. The summed E-state index contributed by atoms with van der Waals surface area (Å²) in [6, 6.07) is 12.6. The minimum absolute atomic E-state index is 0.0280. The maximum absolute atomic E-state index is 12.4. The fourth-order valence-corrected chi connectivity index (χ4v) is 4.02. The molecule has 1 unspecified atom stereocenters. The van der Waals surface area contributed by atoms with E-state index in [1.54, 1.807) is 18.2 Å². The van der Waals surface area contributed by atoms with E-state index in [1.807, 2.05) is 42.8 Å². The number of carbonyl (C=O) groups is 3. The zero-order chi connectivity index (χ0) is 20.5. The quantitative estimate of drug-likeness (QED) is 0.574. The van der Waals surface area contributed by atoms with E-state index >= 15 is 0 Å². The lowest BCUT2D eigenvalue weighted by molar-refractivity contribution is -0.121. The van der Waals surface area contributed by atoms with Crippen LogP contribution in [0.4, 0.5) is 5.69 Å². The molecule has 3 N–H and O–H groups in total. The monoisotopic (exact) mass is 409 g/mol. The number of amides is 3. The number of benzene rings is 2. The number of anilines is 1. The summed E-state index contributed by atoms with van der Waals surface area (Å²) in [4.78, 5) is 41.8. The fourth-order valence-electron chi connectivity index (χ4n) is 3.09. The van der Waals surface area contributed by atoms with Crippen molar-refractivity contribution in [2.75, 3.05) is 5.32 Å². The average Bonchev–Trinajstić information content (AvgIpc) is 3.02. The molecule has 29 heavy (non-hydrogen) atoms. The molecule has 0 saturated carbocycles. The molecular formula is C20H19N5O3S. The number of aryl methyl sites for hydroxylation is 1. The van der Waals surface area contributed by atoms with Gasteiger partial charge in [0.05, 0.1) is 28.4 Å². The summed E-state index contributed by atoms with van der Waals surface area (Å²) >= 11 is 1.44. The van der Waals surface area contributed by atoms with Crippen LogP contribution in [0.3, 0.4) is 0 Å². The number of hydrogen-bond acceptors (Lipinski definition) is 5. The minimum atomic E-state index is -0.468. The van der Waals surface area contributed by atoms with Crippen LogP contribution in [0.5, 0.6) is 0 Å². The summed E-state index contributed by atoms with van der Waals surface area (Å²) in [7, 11) is 1.84. The molecule has 0 aliphatic carbocycles. The van der Waals surface area contributed by atoms with Crippen molar-refractivity contribution in [3.63, 3.8) is 0 Å². The smallest absolute Gasteiger partial charge is 0.269 e. The van der Waals surface area contributed by atoms with E-state index in [4.69, 9.17) is 0 Å². The molecule has 3 aromatic rings. The SMILES string of the molecule is CC1Sc2ccc(C(=O)NNC(=O)Cc3nc4ccccc4n3C)cc2NC1=O. The number of fused-ring (bicyclic) bond motifs is 2. The van der Waals surface area contributed by atoms with Crippen LogP contribution in [0.15, 0.2) is 47.4 Å². The van der Waals surface area contributed by atoms with Gasteiger partial charge in [0.2, 0.25) is 11.8 Å². The molecule has 0 saturated heterocycles. The maximum atomic E-state index is 12.4. The van der Waals surface area contributed by atoms with E-state index in [0.717, 1.165) is 15.9 Å². The first kappa shape index (κ1) is 19.0. The molecular weight excluding hydrogens is 390 g/mol. The Bertz CT molecular complexity index is 1140. The normalized spacial score (nSPS) is 15.5. The van der Waals surface area contributed by atoms with Gasteiger partial charge in [-0.3, -0.25) is 25.2 Å². The first-order chi connectivity index (χ1) is 13.9. The summed E-state index contributed by atoms with van der Waals surface area (Å²) in [5, 5.41) is 2.61. The molecule has 9 heteroatoms. The number of nitrogens with zero attached hydrogens (tertiary/aromatic N) is 2. The molecule has 1 aromatic heterocycles. The predicted molar refractivity (Wildman–Crippen MR) is 110 cm³/mol. The number of nitrogens with one attached hydrogen (secondary N) is 3. The molecule has 1 aliphatic rings. The number of aromatic nitrogens is 2. The Kier molecular flexibility index (Phi) is 4.98. The van der Waals surface area contributed by atoms with Crippen LogP contribution in [0.1, 0.15) is 23.1 Å². The number of imidazole rings is 1. The van der Waals surface area contributed by atoms with Crippen molar-refractivity contribution in [2.24, 2.45) is 7.05 Å². The number of para-hydroxylation sites is 2. The van der Waals surface area contributed by atoms with Crippen molar-refractivity contribution >= 4 is 46.2 Å². The van der Waals surface area contributed by atoms with Crippen molar-refractivity contribution in [3.8, 4) is 0 Å². The van der Waals surface area contributed by atoms with Gasteiger partial charge in [-0.25, -0.2) is 4.98 Å². The highest BCUT2D eigenvalue weighted by Crippen LogP contribution is 2.35. The molecule has 0 fully saturated rings. The lowest BCUT2D eigenvalue weighted by Crippen LogP contribution is -2.42. The molecule has 8 nitrogen and oxygen atoms in total. The van der Waals surface area contributed by atoms with E-state index in [9.17, 15) is 14.4 Å². The first-order valence-electron chi connectivity index (χ1n) is 9.03. The van der Waals surface area contributed by atoms with Gasteiger partial charge in [0.25, 0.3) is 5.91 Å². The second kappa shape index (κ2) is 7.59. The van der Waals surface area contributed by atoms with Gasteiger partial charge in [0.15, 0.2) is 0 Å². The lowest BCUT2D eigenvalue weighted by atomic mass is 10.2. The predicted octanol–water partition coefficient (Wildman–Crippen LogP) is 2.01. The van der Waals surface area contributed by atoms with Gasteiger partial charge in [0.1, 0.15) is 5.82 Å². The Hall–Kier alpha value is -3.33. The highest BCUT2D eigenvalue weighted by atomic mass is 32.2. The van der Waals surface area contributed by atoms with E-state index < -0.39 is 5.91 Å². The van der Waals surface area contributed by atoms with Crippen molar-refractivity contribution in [3.05, 3.63) is 53.9 Å². The van der Waals surface area contributed by atoms with Gasteiger partial charge >= 0.3 is 0 Å². The van der Waals surface area contributed by atoms with Crippen LogP contribution in [0, 0.1) is 0 Å². The third-order valence-electron chi connectivity index (χ3n) is 4.69. The van der Waals surface area contributed by atoms with Crippen LogP contribution in [-0.4, -0.2) is 32.5 Å². The fraction of sp³-hybridized carbons (Fsp3) is 0.200. The van der Waals surface area contributed by atoms with Crippen molar-refractivity contribution in [1.29, 1.82) is 0 Å². The molecule has 148 valence electrons. The second-order valence-electron chi connectivity index (χ2n) is 6.72. The minimum Gasteiger partial charge on any atom is -0.331 e. The second-order valence-corrected chi connectivity index (χ2v) is 8.10. The lowest BCUT2D eigenvalue weighted by Gasteiger charge is -2.21. The Labute approximate surface area is 171 Å². The number of thioether (sulfide) groups is 1. The van der Waals surface area contributed by atoms with Crippen molar-refractivity contribution in [1.82, 2.24) is 20.4 Å². The maximum Gasteiger partial charge on any atom is 0.269 e. The number of carbonyl (C=O) groups excluding carboxylic acids is 3. The third kappa shape index (κ3) is 3.81. The van der Waals surface area contributed by atoms with Crippen LogP contribution in [-0.2, 0) is 23.1 Å². The Morgan fingerprint density at radius 3 is 2.79 bits per heavy atom. The average molecular weight is 409 g/mol. The molecule has 1 atom stereocenters. The Morgan fingerprint density at radius 1 is 1.21 bits per heavy atom. The van der Waals surface area contributed by atoms with Gasteiger partial charge < -0.3 is 9.88 Å². The van der Waals surface area contributed by atoms with Gasteiger partial charge in [-0.2, -0.15) is 0 Å². The molecule has 0 radical (unpaired) electrons. The zero-order valence-corrected chi connectivity index (χ0v) is 16.7. The van der Waals surface area contributed by atoms with Gasteiger partial charge in [-0.1, -0.05) is 12.1 Å². The zero-order valence-electron chi connectivity index (χ0n) is 15.9. The highest BCUT2D eigenvalue weighted by Gasteiger charge is 2.24. The van der Waals surface area contributed by atoms with E-state index in [1.165, 1.54) is 11.8 Å². The largest absolute Gasteiger partial charge is 0.331 e.